The summed E-state index contributed by atoms with van der Waals surface area (Å²) in [7, 11) is 4.29. The van der Waals surface area contributed by atoms with Crippen LogP contribution in [0.2, 0.25) is 0 Å². The molecule has 12 aromatic rings. The predicted molar refractivity (Wildman–Crippen MR) is 532 cm³/mol. The lowest BCUT2D eigenvalue weighted by Crippen LogP contribution is -2.44. The predicted octanol–water partition coefficient (Wildman–Crippen LogP) is 13.0. The average Bonchev–Trinajstić information content (AvgIpc) is 1.66. The second kappa shape index (κ2) is 50.7. The maximum atomic E-state index is 13.1. The average molecular weight is 1860 g/mol. The molecule has 708 valence electrons. The van der Waals surface area contributed by atoms with Gasteiger partial charge in [0.15, 0.2) is 0 Å². The zero-order valence-electron chi connectivity index (χ0n) is 77.0. The molecule has 138 heavy (non-hydrogen) atoms. The summed E-state index contributed by atoms with van der Waals surface area (Å²) in [5, 5.41) is 38.8. The summed E-state index contributed by atoms with van der Waals surface area (Å²) in [4.78, 5) is 124. The van der Waals surface area contributed by atoms with Gasteiger partial charge in [-0.2, -0.15) is 0 Å². The van der Waals surface area contributed by atoms with Crippen molar-refractivity contribution in [2.75, 3.05) is 97.5 Å². The van der Waals surface area contributed by atoms with Crippen LogP contribution in [0.5, 0.6) is 0 Å². The number of anilines is 1. The first-order valence-corrected chi connectivity index (χ1v) is 45.6. The van der Waals surface area contributed by atoms with Gasteiger partial charge < -0.3 is 78.7 Å². The molecule has 19 rings (SSSR count). The Labute approximate surface area is 799 Å². The highest BCUT2D eigenvalue weighted by Gasteiger charge is 2.28. The molecule has 0 aromatic heterocycles. The van der Waals surface area contributed by atoms with E-state index in [0.29, 0.717) is 119 Å². The fraction of sp³-hybridized carbons (Fsp3) is 0.222. The monoisotopic (exact) mass is 1860 g/mol. The van der Waals surface area contributed by atoms with Gasteiger partial charge in [0, 0.05) is 165 Å². The second-order valence-electron chi connectivity index (χ2n) is 33.1. The Hall–Kier alpha value is -15.6. The molecule has 0 aliphatic carbocycles. The lowest BCUT2D eigenvalue weighted by atomic mass is 10.0. The molecule has 7 amide bonds. The van der Waals surface area contributed by atoms with Gasteiger partial charge in [-0.15, -0.1) is 0 Å². The number of piperazine rings is 3. The van der Waals surface area contributed by atoms with E-state index >= 15 is 0 Å². The molecule has 7 aliphatic rings. The third-order valence-corrected chi connectivity index (χ3v) is 23.3. The van der Waals surface area contributed by atoms with Crippen LogP contribution >= 0.6 is 0 Å². The fourth-order valence-electron chi connectivity index (χ4n) is 15.2. The van der Waals surface area contributed by atoms with Gasteiger partial charge in [0.1, 0.15) is 40.8 Å². The number of likely N-dealkylation sites (N-methyl/N-ethyl adjacent to an activating group) is 2. The van der Waals surface area contributed by atoms with Gasteiger partial charge in [-0.05, 0) is 211 Å². The number of nitrogens with two attached hydrogens (primary N) is 1. The minimum atomic E-state index is -1.04. The number of aromatic carboxylic acids is 1. The zero-order valence-corrected chi connectivity index (χ0v) is 77.0. The van der Waals surface area contributed by atoms with Gasteiger partial charge in [-0.1, -0.05) is 153 Å². The molecular weight excluding hydrogens is 1750 g/mol. The van der Waals surface area contributed by atoms with Crippen molar-refractivity contribution < 1.29 is 56.6 Å². The summed E-state index contributed by atoms with van der Waals surface area (Å²) in [5.74, 6) is -2.56. The van der Waals surface area contributed by atoms with Gasteiger partial charge in [0.05, 0.1) is 37.8 Å². The Balaban J connectivity index is 0.000000145. The van der Waals surface area contributed by atoms with Crippen molar-refractivity contribution in [3.8, 4) is 0 Å². The summed E-state index contributed by atoms with van der Waals surface area (Å²) in [6.45, 7) is 18.6. The van der Waals surface area contributed by atoms with Crippen LogP contribution in [-0.2, 0) is 45.8 Å². The Bertz CT molecular complexity index is 6310. The number of rotatable bonds is 17. The number of nitrogens with zero attached hydrogens (tertiary/aromatic N) is 7. The topological polar surface area (TPSA) is 362 Å². The van der Waals surface area contributed by atoms with E-state index < -0.39 is 29.3 Å². The number of carboxylic acids is 1. The molecule has 3 saturated heterocycles. The number of nitrogens with one attached hydrogen (secondary N) is 10. The summed E-state index contributed by atoms with van der Waals surface area (Å²) >= 11 is 0. The van der Waals surface area contributed by atoms with E-state index in [1.165, 1.54) is 104 Å². The molecule has 27 nitrogen and oxygen atoms in total. The third kappa shape index (κ3) is 29.2. The van der Waals surface area contributed by atoms with Crippen molar-refractivity contribution in [1.82, 2.24) is 63.0 Å². The van der Waals surface area contributed by atoms with Crippen molar-refractivity contribution in [2.24, 2.45) is 25.7 Å². The minimum absolute atomic E-state index is 0.0896. The molecule has 30 heteroatoms. The first-order chi connectivity index (χ1) is 67.1. The van der Waals surface area contributed by atoms with Gasteiger partial charge in [0.2, 0.25) is 0 Å². The number of hydrogen-bond donors (Lipinski definition) is 12. The van der Waals surface area contributed by atoms with Crippen LogP contribution in [-0.4, -0.2) is 178 Å². The van der Waals surface area contributed by atoms with E-state index in [4.69, 9.17) is 10.8 Å². The van der Waals surface area contributed by atoms with Crippen molar-refractivity contribution in [1.29, 1.82) is 0 Å². The normalized spacial score (nSPS) is 14.2. The number of amidine groups is 4. The van der Waals surface area contributed by atoms with Crippen molar-refractivity contribution in [3.05, 3.63) is 420 Å². The zero-order chi connectivity index (χ0) is 97.1. The lowest BCUT2D eigenvalue weighted by Gasteiger charge is -2.34. The summed E-state index contributed by atoms with van der Waals surface area (Å²) < 4.78 is 39.0. The molecule has 0 radical (unpaired) electrons. The maximum Gasteiger partial charge on any atom is 0.335 e. The number of aliphatic imine (C=N–C) groups is 4. The van der Waals surface area contributed by atoms with Crippen molar-refractivity contribution >= 4 is 76.3 Å². The number of carboxylic acid groups (broad SMARTS) is 1. The Kier molecular flexibility index (Phi) is 36.7. The molecule has 12 aromatic carbocycles. The largest absolute Gasteiger partial charge is 0.478 e. The van der Waals surface area contributed by atoms with E-state index in [1.54, 1.807) is 42.5 Å². The van der Waals surface area contributed by atoms with Crippen LogP contribution in [0.25, 0.3) is 0 Å². The molecule has 0 saturated carbocycles. The Morgan fingerprint density at radius 2 is 0.645 bits per heavy atom. The number of carbonyl (C=O) groups is 8. The summed E-state index contributed by atoms with van der Waals surface area (Å²) in [5.41, 5.74) is 20.5. The molecular formula is C108H111F3N18O9. The van der Waals surface area contributed by atoms with Crippen LogP contribution in [0, 0.1) is 17.5 Å². The van der Waals surface area contributed by atoms with Gasteiger partial charge in [-0.3, -0.25) is 53.5 Å². The molecule has 0 bridgehead atoms. The first-order valence-electron chi connectivity index (χ1n) is 45.6. The number of halogens is 3. The Morgan fingerprint density at radius 1 is 0.348 bits per heavy atom. The number of amides is 7. The molecule has 1 atom stereocenters. The van der Waals surface area contributed by atoms with Crippen LogP contribution in [0.3, 0.4) is 0 Å². The van der Waals surface area contributed by atoms with Crippen LogP contribution < -0.4 is 63.8 Å². The van der Waals surface area contributed by atoms with Crippen molar-refractivity contribution in [3.63, 3.8) is 0 Å². The Morgan fingerprint density at radius 3 is 0.957 bits per heavy atom. The fourth-order valence-corrected chi connectivity index (χ4v) is 15.2. The number of hydrogen-bond acceptors (Lipinski definition) is 19. The van der Waals surface area contributed by atoms with E-state index in [2.05, 4.69) is 102 Å². The molecule has 7 heterocycles. The SMILES string of the molecule is C1CNCCN1.CCC(NC(=O)c1ccc2c(c1)C(NC(=O)c1ccc(F)cc1)=NC2)c1ccccc1.CN1CCN(c2ccc(C(=O)NC3=NCc4ccc(C(=O)NCc5ccccc5)cc43)cc2)CC1.CN1CCNCC1.NCc1ccccc1.O=C(NCc1ccccc1)c1ccc2c(c1)C(NC(=O)c1ccc(F)cc1)=NC2.O=C(O)c1ccc2c(c1)C(NC(=O)c1ccc(F)cc1)=NC2. The van der Waals surface area contributed by atoms with Crippen LogP contribution in [0.1, 0.15) is 169 Å². The first kappa shape index (κ1) is 99.9. The van der Waals surface area contributed by atoms with E-state index in [-0.39, 0.29) is 47.0 Å². The van der Waals surface area contributed by atoms with E-state index in [9.17, 15) is 51.5 Å². The molecule has 0 spiro atoms. The maximum absolute atomic E-state index is 13.1. The highest BCUT2D eigenvalue weighted by atomic mass is 19.1. The van der Waals surface area contributed by atoms with E-state index in [0.717, 1.165) is 128 Å². The number of carbonyl (C=O) groups excluding carboxylic acids is 7. The molecule has 7 aliphatic heterocycles. The lowest BCUT2D eigenvalue weighted by molar-refractivity contribution is 0.0694. The smallest absolute Gasteiger partial charge is 0.335 e. The van der Waals surface area contributed by atoms with Gasteiger partial charge in [0.25, 0.3) is 41.4 Å². The van der Waals surface area contributed by atoms with Crippen LogP contribution in [0.4, 0.5) is 18.9 Å². The number of fused-ring (bicyclic) bond motifs is 4. The van der Waals surface area contributed by atoms with E-state index in [1.807, 2.05) is 171 Å². The standard InChI is InChI=1S/C28H29N5O2.C25H22FN3O2.C23H18FN3O2.C16H11FN2O3.C7H9N.C5H12N2.C4H10N2/c1-32-13-15-33(16-14-32)24-11-9-21(10-12-24)28(35)31-26-25-17-22(7-8-23(25)19-29-26)27(34)30-18-20-5-3-2-4-6-20;1-2-22(16-6-4-3-5-7-16)28-25(31)18-8-9-19-15-27-23(21(19)14-18)29-24(30)17-10-12-20(26)13-11-17;24-19-10-8-16(9-11-19)23(29)27-21-20-12-17(6-7-18(20)14-25-21)22(28)26-13-15-4-2-1-3-5-15;17-12-5-3-9(4-6-12)15(20)19-14-13-7-10(16(21)22)1-2-11(13)8-18-14;8-6-7-4-2-1-3-5-7;1-7-4-2-6-3-5-7;1-2-6-4-3-5-1/h2-12,17H,13-16,18-19H2,1H3,(H,30,34)(H,29,31,35);3-14,22H,2,15H2,1H3,(H,28,31)(H,27,29,30);1-12H,13-14H2,(H,26,28)(H,25,27,29);1-7H,8H2,(H,21,22)(H,18,19,20);1-5H,6,8H2;6H,2-5H2,1H3;5-6H,1-4H2. The highest BCUT2D eigenvalue weighted by molar-refractivity contribution is 6.18. The van der Waals surface area contributed by atoms with Gasteiger partial charge in [-0.25, -0.2) is 18.0 Å². The molecule has 1 unspecified atom stereocenters. The summed E-state index contributed by atoms with van der Waals surface area (Å²) in [6, 6.07) is 83.5. The van der Waals surface area contributed by atoms with Crippen molar-refractivity contribution in [2.45, 2.75) is 65.2 Å². The molecule has 13 N–H and O–H groups in total. The summed E-state index contributed by atoms with van der Waals surface area (Å²) in [6.07, 6.45) is 0.765. The quantitative estimate of drug-likeness (QED) is 0.0403. The van der Waals surface area contributed by atoms with Gasteiger partial charge >= 0.3 is 5.97 Å². The third-order valence-electron chi connectivity index (χ3n) is 23.3. The minimum Gasteiger partial charge on any atom is -0.478 e. The number of benzene rings is 12. The molecule has 3 fully saturated rings. The van der Waals surface area contributed by atoms with Crippen LogP contribution in [0.15, 0.2) is 311 Å². The second-order valence-corrected chi connectivity index (χ2v) is 33.1. The highest BCUT2D eigenvalue weighted by Crippen LogP contribution is 2.27.